The highest BCUT2D eigenvalue weighted by molar-refractivity contribution is 5.69. The van der Waals surface area contributed by atoms with Crippen molar-refractivity contribution in [2.24, 2.45) is 0 Å². The molecule has 6 heteroatoms. The number of carboxylic acids is 1. The van der Waals surface area contributed by atoms with Crippen LogP contribution < -0.4 is 0 Å². The molecule has 1 aromatic rings. The van der Waals surface area contributed by atoms with Gasteiger partial charge in [-0.15, -0.1) is 0 Å². The van der Waals surface area contributed by atoms with E-state index in [1.165, 1.54) is 0 Å². The van der Waals surface area contributed by atoms with Gasteiger partial charge in [0, 0.05) is 18.6 Å². The van der Waals surface area contributed by atoms with Gasteiger partial charge < -0.3 is 14.7 Å². The molecular formula is C19H28N2O4. The van der Waals surface area contributed by atoms with Gasteiger partial charge in [-0.25, -0.2) is 4.79 Å². The zero-order chi connectivity index (χ0) is 18.2. The van der Waals surface area contributed by atoms with E-state index in [2.05, 4.69) is 0 Å². The number of ether oxygens (including phenoxy) is 1. The van der Waals surface area contributed by atoms with Crippen molar-refractivity contribution in [3.8, 4) is 0 Å². The molecule has 1 atom stereocenters. The van der Waals surface area contributed by atoms with Crippen LogP contribution in [0.5, 0.6) is 0 Å². The topological polar surface area (TPSA) is 70.1 Å². The van der Waals surface area contributed by atoms with E-state index in [9.17, 15) is 9.59 Å². The molecule has 0 aliphatic carbocycles. The van der Waals surface area contributed by atoms with E-state index in [1.54, 1.807) is 4.90 Å². The maximum atomic E-state index is 12.5. The summed E-state index contributed by atoms with van der Waals surface area (Å²) >= 11 is 0. The molecule has 0 bridgehead atoms. The third-order valence-electron chi connectivity index (χ3n) is 4.56. The Morgan fingerprint density at radius 1 is 1.28 bits per heavy atom. The van der Waals surface area contributed by atoms with Crippen LogP contribution in [0.4, 0.5) is 4.79 Å². The average Bonchev–Trinajstić information content (AvgIpc) is 2.59. The lowest BCUT2D eigenvalue weighted by Crippen LogP contribution is -2.51. The first-order chi connectivity index (χ1) is 12.0. The molecule has 1 N–H and O–H groups in total. The summed E-state index contributed by atoms with van der Waals surface area (Å²) in [6, 6.07) is 9.65. The van der Waals surface area contributed by atoms with E-state index in [0.29, 0.717) is 6.54 Å². The van der Waals surface area contributed by atoms with Gasteiger partial charge in [0.15, 0.2) is 0 Å². The number of piperidine rings is 1. The summed E-state index contributed by atoms with van der Waals surface area (Å²) < 4.78 is 5.46. The second-order valence-corrected chi connectivity index (χ2v) is 6.80. The van der Waals surface area contributed by atoms with Crippen molar-refractivity contribution in [3.05, 3.63) is 35.9 Å². The van der Waals surface area contributed by atoms with Gasteiger partial charge >= 0.3 is 12.1 Å². The van der Waals surface area contributed by atoms with Crippen LogP contribution in [0.25, 0.3) is 0 Å². The molecule has 1 unspecified atom stereocenters. The fourth-order valence-corrected chi connectivity index (χ4v) is 3.17. The van der Waals surface area contributed by atoms with Crippen LogP contribution in [-0.4, -0.2) is 58.7 Å². The molecule has 1 saturated heterocycles. The summed E-state index contributed by atoms with van der Waals surface area (Å²) in [6.07, 6.45) is 2.62. The number of nitrogens with zero attached hydrogens (tertiary/aromatic N) is 2. The lowest BCUT2D eigenvalue weighted by atomic mass is 10.0. The minimum absolute atomic E-state index is 0.00289. The van der Waals surface area contributed by atoms with Crippen molar-refractivity contribution in [3.63, 3.8) is 0 Å². The lowest BCUT2D eigenvalue weighted by molar-refractivity contribution is -0.139. The zero-order valence-corrected chi connectivity index (χ0v) is 15.1. The van der Waals surface area contributed by atoms with Gasteiger partial charge in [-0.2, -0.15) is 0 Å². The molecule has 0 spiro atoms. The predicted octanol–water partition coefficient (Wildman–Crippen LogP) is 2.97. The van der Waals surface area contributed by atoms with E-state index >= 15 is 0 Å². The zero-order valence-electron chi connectivity index (χ0n) is 15.1. The van der Waals surface area contributed by atoms with E-state index in [-0.39, 0.29) is 31.3 Å². The van der Waals surface area contributed by atoms with E-state index in [4.69, 9.17) is 9.84 Å². The largest absolute Gasteiger partial charge is 0.480 e. The Hall–Kier alpha value is -2.08. The fourth-order valence-electron chi connectivity index (χ4n) is 3.17. The van der Waals surface area contributed by atoms with Crippen LogP contribution in [-0.2, 0) is 16.1 Å². The standard InChI is InChI=1S/C19H28N2O4/c1-15(2)21(19(24)25-14-16-8-4-3-5-9-16)12-17-10-6-7-11-20(17)13-18(22)23/h3-5,8-9,15,17H,6-7,10-14H2,1-2H3,(H,22,23). The molecule has 1 heterocycles. The first-order valence-corrected chi connectivity index (χ1v) is 8.90. The molecule has 1 amide bonds. The molecule has 1 aliphatic rings. The second-order valence-electron chi connectivity index (χ2n) is 6.80. The number of carbonyl (C=O) groups excluding carboxylic acids is 1. The maximum absolute atomic E-state index is 12.5. The summed E-state index contributed by atoms with van der Waals surface area (Å²) in [7, 11) is 0. The van der Waals surface area contributed by atoms with Crippen LogP contribution in [0.1, 0.15) is 38.7 Å². The van der Waals surface area contributed by atoms with Crippen LogP contribution in [0, 0.1) is 0 Å². The van der Waals surface area contributed by atoms with E-state index in [1.807, 2.05) is 49.1 Å². The number of hydrogen-bond donors (Lipinski definition) is 1. The fraction of sp³-hybridized carbons (Fsp3) is 0.579. The van der Waals surface area contributed by atoms with Crippen molar-refractivity contribution < 1.29 is 19.4 Å². The van der Waals surface area contributed by atoms with Crippen LogP contribution >= 0.6 is 0 Å². The third kappa shape index (κ3) is 6.05. The van der Waals surface area contributed by atoms with Gasteiger partial charge in [0.2, 0.25) is 0 Å². The number of amides is 1. The number of benzene rings is 1. The number of aliphatic carboxylic acids is 1. The van der Waals surface area contributed by atoms with Crippen LogP contribution in [0.15, 0.2) is 30.3 Å². The number of likely N-dealkylation sites (tertiary alicyclic amines) is 1. The highest BCUT2D eigenvalue weighted by atomic mass is 16.6. The van der Waals surface area contributed by atoms with Gasteiger partial charge in [-0.3, -0.25) is 9.69 Å². The molecular weight excluding hydrogens is 320 g/mol. The number of carbonyl (C=O) groups is 2. The van der Waals surface area contributed by atoms with Crippen molar-refractivity contribution in [2.75, 3.05) is 19.6 Å². The van der Waals surface area contributed by atoms with E-state index in [0.717, 1.165) is 31.4 Å². The van der Waals surface area contributed by atoms with Crippen molar-refractivity contribution in [1.82, 2.24) is 9.80 Å². The molecule has 0 saturated carbocycles. The Labute approximate surface area is 149 Å². The van der Waals surface area contributed by atoms with Crippen LogP contribution in [0.2, 0.25) is 0 Å². The highest BCUT2D eigenvalue weighted by Crippen LogP contribution is 2.19. The number of rotatable bonds is 7. The summed E-state index contributed by atoms with van der Waals surface area (Å²) in [6.45, 7) is 5.44. The van der Waals surface area contributed by atoms with Crippen molar-refractivity contribution in [1.29, 1.82) is 0 Å². The predicted molar refractivity (Wildman–Crippen MR) is 95.3 cm³/mol. The Bertz CT molecular complexity index is 562. The van der Waals surface area contributed by atoms with E-state index < -0.39 is 5.97 Å². The number of carboxylic acid groups (broad SMARTS) is 1. The van der Waals surface area contributed by atoms with Gasteiger partial charge in [-0.1, -0.05) is 36.8 Å². The SMILES string of the molecule is CC(C)N(CC1CCCCN1CC(=O)O)C(=O)OCc1ccccc1. The average molecular weight is 348 g/mol. The second kappa shape index (κ2) is 9.42. The molecule has 6 nitrogen and oxygen atoms in total. The summed E-state index contributed by atoms with van der Waals surface area (Å²) in [4.78, 5) is 27.3. The minimum Gasteiger partial charge on any atom is -0.480 e. The van der Waals surface area contributed by atoms with Crippen molar-refractivity contribution >= 4 is 12.1 Å². The first-order valence-electron chi connectivity index (χ1n) is 8.90. The molecule has 1 aromatic carbocycles. The minimum atomic E-state index is -0.824. The summed E-state index contributed by atoms with van der Waals surface area (Å²) in [5.41, 5.74) is 0.949. The van der Waals surface area contributed by atoms with Gasteiger partial charge in [0.25, 0.3) is 0 Å². The maximum Gasteiger partial charge on any atom is 0.410 e. The van der Waals surface area contributed by atoms with Crippen molar-refractivity contribution in [2.45, 2.75) is 51.8 Å². The molecule has 138 valence electrons. The molecule has 0 radical (unpaired) electrons. The molecule has 25 heavy (non-hydrogen) atoms. The van der Waals surface area contributed by atoms with Gasteiger partial charge in [0.1, 0.15) is 6.61 Å². The smallest absolute Gasteiger partial charge is 0.410 e. The molecule has 2 rings (SSSR count). The Morgan fingerprint density at radius 3 is 2.64 bits per heavy atom. The molecule has 0 aromatic heterocycles. The Morgan fingerprint density at radius 2 is 2.00 bits per heavy atom. The van der Waals surface area contributed by atoms with Gasteiger partial charge in [0.05, 0.1) is 6.54 Å². The summed E-state index contributed by atoms with van der Waals surface area (Å²) in [5.74, 6) is -0.824. The lowest BCUT2D eigenvalue weighted by Gasteiger charge is -2.38. The molecule has 1 aliphatic heterocycles. The molecule has 1 fully saturated rings. The Kier molecular flexibility index (Phi) is 7.25. The monoisotopic (exact) mass is 348 g/mol. The van der Waals surface area contributed by atoms with Gasteiger partial charge in [-0.05, 0) is 38.8 Å². The summed E-state index contributed by atoms with van der Waals surface area (Å²) in [5, 5.41) is 9.10. The third-order valence-corrected chi connectivity index (χ3v) is 4.56. The Balaban J connectivity index is 1.96. The number of hydrogen-bond acceptors (Lipinski definition) is 4. The van der Waals surface area contributed by atoms with Crippen LogP contribution in [0.3, 0.4) is 0 Å². The quantitative estimate of drug-likeness (QED) is 0.820. The normalized spacial score (nSPS) is 18.1. The first kappa shape index (κ1) is 19.2. The highest BCUT2D eigenvalue weighted by Gasteiger charge is 2.29.